The molecule has 30 heavy (non-hydrogen) atoms. The van der Waals surface area contributed by atoms with E-state index < -0.39 is 17.3 Å². The zero-order valence-corrected chi connectivity index (χ0v) is 17.2. The molecule has 7 heteroatoms. The molecule has 0 bridgehead atoms. The Morgan fingerprint density at radius 3 is 2.37 bits per heavy atom. The standard InChI is InChI=1S/C23H23N5O2/c1-14(2)28-9-8-19-18(11-28)20(15-4-6-16(7-5-15)22(29)30-3)17(10-24)21(27)23(19,12-25)13-26/h4-8,14,18,20H,9,11,27H2,1-3H3/t18-,20+/m1/s1. The van der Waals surface area contributed by atoms with Crippen LogP contribution in [0.15, 0.2) is 47.2 Å². The minimum atomic E-state index is -1.64. The Bertz CT molecular complexity index is 1030. The molecule has 0 aromatic heterocycles. The molecule has 7 nitrogen and oxygen atoms in total. The van der Waals surface area contributed by atoms with E-state index in [9.17, 15) is 20.6 Å². The SMILES string of the molecule is COC(=O)c1ccc([C@H]2C(C#N)=C(N)C(C#N)(C#N)C3=CCN(C(C)C)C[C@H]32)cc1. The second-order valence-corrected chi connectivity index (χ2v) is 7.82. The zero-order chi connectivity index (χ0) is 22.1. The largest absolute Gasteiger partial charge is 0.465 e. The average Bonchev–Trinajstić information content (AvgIpc) is 2.78. The van der Waals surface area contributed by atoms with Gasteiger partial charge in [-0.15, -0.1) is 0 Å². The molecule has 0 radical (unpaired) electrons. The van der Waals surface area contributed by atoms with Gasteiger partial charge in [0.05, 0.1) is 42.2 Å². The van der Waals surface area contributed by atoms with Crippen LogP contribution in [0.1, 0.15) is 35.7 Å². The minimum Gasteiger partial charge on any atom is -0.465 e. The van der Waals surface area contributed by atoms with Crippen molar-refractivity contribution in [3.63, 3.8) is 0 Å². The number of nitrogens with zero attached hydrogens (tertiary/aromatic N) is 4. The van der Waals surface area contributed by atoms with E-state index in [1.165, 1.54) is 7.11 Å². The molecule has 2 aliphatic rings. The van der Waals surface area contributed by atoms with E-state index in [2.05, 4.69) is 37.0 Å². The van der Waals surface area contributed by atoms with Crippen LogP contribution in [0.25, 0.3) is 0 Å². The Kier molecular flexibility index (Phi) is 5.65. The Hall–Kier alpha value is -3.60. The second kappa shape index (κ2) is 8.03. The van der Waals surface area contributed by atoms with Crippen LogP contribution in [0.2, 0.25) is 0 Å². The molecule has 0 unspecified atom stereocenters. The summed E-state index contributed by atoms with van der Waals surface area (Å²) in [5.74, 6) is -1.12. The van der Waals surface area contributed by atoms with E-state index in [0.717, 1.165) is 5.56 Å². The van der Waals surface area contributed by atoms with Gasteiger partial charge in [0.1, 0.15) is 0 Å². The number of rotatable bonds is 3. The molecule has 3 rings (SSSR count). The molecule has 1 aliphatic heterocycles. The molecule has 1 aromatic rings. The van der Waals surface area contributed by atoms with Crippen molar-refractivity contribution in [2.24, 2.45) is 17.1 Å². The predicted molar refractivity (Wildman–Crippen MR) is 109 cm³/mol. The van der Waals surface area contributed by atoms with Crippen molar-refractivity contribution in [1.82, 2.24) is 4.90 Å². The molecule has 152 valence electrons. The number of methoxy groups -OCH3 is 1. The Balaban J connectivity index is 2.21. The van der Waals surface area contributed by atoms with E-state index in [-0.39, 0.29) is 23.2 Å². The Labute approximate surface area is 176 Å². The summed E-state index contributed by atoms with van der Waals surface area (Å²) >= 11 is 0. The number of nitrogens with two attached hydrogens (primary N) is 1. The van der Waals surface area contributed by atoms with Crippen LogP contribution >= 0.6 is 0 Å². The monoisotopic (exact) mass is 401 g/mol. The van der Waals surface area contributed by atoms with E-state index in [1.807, 2.05) is 6.08 Å². The maximum absolute atomic E-state index is 11.8. The van der Waals surface area contributed by atoms with Gasteiger partial charge in [-0.1, -0.05) is 18.2 Å². The highest BCUT2D eigenvalue weighted by molar-refractivity contribution is 5.89. The maximum Gasteiger partial charge on any atom is 0.337 e. The van der Waals surface area contributed by atoms with E-state index in [1.54, 1.807) is 24.3 Å². The van der Waals surface area contributed by atoms with E-state index in [4.69, 9.17) is 10.5 Å². The fourth-order valence-corrected chi connectivity index (χ4v) is 4.40. The number of carbonyl (C=O) groups excluding carboxylic acids is 1. The number of nitriles is 3. The number of allylic oxidation sites excluding steroid dienone is 2. The van der Waals surface area contributed by atoms with E-state index in [0.29, 0.717) is 24.2 Å². The summed E-state index contributed by atoms with van der Waals surface area (Å²) < 4.78 is 4.76. The number of carbonyl (C=O) groups is 1. The molecule has 0 spiro atoms. The van der Waals surface area contributed by atoms with Crippen molar-refractivity contribution in [3.05, 3.63) is 58.3 Å². The molecule has 1 aliphatic carbocycles. The summed E-state index contributed by atoms with van der Waals surface area (Å²) in [5.41, 5.74) is 6.75. The van der Waals surface area contributed by atoms with Gasteiger partial charge in [-0.05, 0) is 37.1 Å². The summed E-state index contributed by atoms with van der Waals surface area (Å²) in [5, 5.41) is 29.8. The molecular weight excluding hydrogens is 378 g/mol. The first-order valence-electron chi connectivity index (χ1n) is 9.70. The van der Waals surface area contributed by atoms with Crippen molar-refractivity contribution in [2.45, 2.75) is 25.8 Å². The van der Waals surface area contributed by atoms with Gasteiger partial charge in [-0.3, -0.25) is 4.90 Å². The molecule has 0 saturated carbocycles. The van der Waals surface area contributed by atoms with Crippen molar-refractivity contribution in [1.29, 1.82) is 15.8 Å². The molecule has 1 heterocycles. The maximum atomic E-state index is 11.8. The van der Waals surface area contributed by atoms with Gasteiger partial charge in [0.15, 0.2) is 0 Å². The van der Waals surface area contributed by atoms with Crippen LogP contribution in [0.5, 0.6) is 0 Å². The van der Waals surface area contributed by atoms with Gasteiger partial charge in [0.2, 0.25) is 5.41 Å². The van der Waals surface area contributed by atoms with Crippen LogP contribution in [0.4, 0.5) is 0 Å². The molecular formula is C23H23N5O2. The molecule has 0 saturated heterocycles. The summed E-state index contributed by atoms with van der Waals surface area (Å²) in [4.78, 5) is 14.0. The first-order valence-corrected chi connectivity index (χ1v) is 9.70. The third kappa shape index (κ3) is 3.12. The topological polar surface area (TPSA) is 127 Å². The Morgan fingerprint density at radius 1 is 1.23 bits per heavy atom. The average molecular weight is 401 g/mol. The fourth-order valence-electron chi connectivity index (χ4n) is 4.40. The molecule has 1 aromatic carbocycles. The van der Waals surface area contributed by atoms with Gasteiger partial charge in [-0.25, -0.2) is 4.79 Å². The van der Waals surface area contributed by atoms with E-state index >= 15 is 0 Å². The predicted octanol–water partition coefficient (Wildman–Crippen LogP) is 2.61. The first kappa shape index (κ1) is 21.1. The van der Waals surface area contributed by atoms with Crippen LogP contribution in [0.3, 0.4) is 0 Å². The van der Waals surface area contributed by atoms with Crippen LogP contribution in [-0.2, 0) is 4.74 Å². The summed E-state index contributed by atoms with van der Waals surface area (Å²) in [6.45, 7) is 5.37. The molecule has 2 atom stereocenters. The third-order valence-corrected chi connectivity index (χ3v) is 6.09. The number of hydrogen-bond donors (Lipinski definition) is 1. The quantitative estimate of drug-likeness (QED) is 0.609. The normalized spacial score (nSPS) is 22.9. The zero-order valence-electron chi connectivity index (χ0n) is 17.2. The lowest BCUT2D eigenvalue weighted by molar-refractivity contribution is 0.0600. The van der Waals surface area contributed by atoms with Crippen molar-refractivity contribution in [3.8, 4) is 18.2 Å². The Morgan fingerprint density at radius 2 is 1.87 bits per heavy atom. The highest BCUT2D eigenvalue weighted by Gasteiger charge is 2.52. The van der Waals surface area contributed by atoms with Gasteiger partial charge >= 0.3 is 5.97 Å². The summed E-state index contributed by atoms with van der Waals surface area (Å²) in [6.07, 6.45) is 1.91. The number of hydrogen-bond acceptors (Lipinski definition) is 7. The van der Waals surface area contributed by atoms with Crippen molar-refractivity contribution in [2.75, 3.05) is 20.2 Å². The number of benzene rings is 1. The van der Waals surface area contributed by atoms with Crippen LogP contribution < -0.4 is 5.73 Å². The van der Waals surface area contributed by atoms with Gasteiger partial charge in [0.25, 0.3) is 0 Å². The minimum absolute atomic E-state index is 0.00228. The molecule has 2 N–H and O–H groups in total. The van der Waals surface area contributed by atoms with Gasteiger partial charge in [-0.2, -0.15) is 15.8 Å². The lowest BCUT2D eigenvalue weighted by Gasteiger charge is -2.46. The number of ether oxygens (including phenoxy) is 1. The lowest BCUT2D eigenvalue weighted by atomic mass is 9.60. The van der Waals surface area contributed by atoms with Crippen molar-refractivity contribution < 1.29 is 9.53 Å². The number of fused-ring (bicyclic) bond motifs is 1. The number of esters is 1. The highest BCUT2D eigenvalue weighted by Crippen LogP contribution is 2.52. The fraction of sp³-hybridized carbons (Fsp3) is 0.391. The summed E-state index contributed by atoms with van der Waals surface area (Å²) in [6, 6.07) is 13.4. The first-order chi connectivity index (χ1) is 14.3. The lowest BCUT2D eigenvalue weighted by Crippen LogP contribution is -2.48. The third-order valence-electron chi connectivity index (χ3n) is 6.09. The van der Waals surface area contributed by atoms with Crippen molar-refractivity contribution >= 4 is 5.97 Å². The van der Waals surface area contributed by atoms with Gasteiger partial charge < -0.3 is 10.5 Å². The molecule has 0 fully saturated rings. The van der Waals surface area contributed by atoms with Crippen LogP contribution in [-0.4, -0.2) is 37.1 Å². The van der Waals surface area contributed by atoms with Crippen LogP contribution in [0, 0.1) is 45.3 Å². The summed E-state index contributed by atoms with van der Waals surface area (Å²) in [7, 11) is 1.32. The molecule has 0 amide bonds. The highest BCUT2D eigenvalue weighted by atomic mass is 16.5. The second-order valence-electron chi connectivity index (χ2n) is 7.82. The smallest absolute Gasteiger partial charge is 0.337 e. The van der Waals surface area contributed by atoms with Gasteiger partial charge in [0, 0.05) is 31.0 Å².